The molecule has 0 aliphatic rings. The predicted molar refractivity (Wildman–Crippen MR) is 85.0 cm³/mol. The number of urea groups is 1. The number of unbranched alkanes of at least 4 members (excludes halogenated alkanes) is 2. The summed E-state index contributed by atoms with van der Waals surface area (Å²) in [4.78, 5) is 22.0. The highest BCUT2D eigenvalue weighted by molar-refractivity contribution is 9.11. The molecule has 0 atom stereocenters. The van der Waals surface area contributed by atoms with Gasteiger partial charge in [0.1, 0.15) is 0 Å². The van der Waals surface area contributed by atoms with Gasteiger partial charge < -0.3 is 15.7 Å². The first-order valence-electron chi connectivity index (χ1n) is 6.20. The number of benzene rings is 1. The van der Waals surface area contributed by atoms with Gasteiger partial charge >= 0.3 is 12.0 Å². The average Bonchev–Trinajstić information content (AvgIpc) is 2.37. The summed E-state index contributed by atoms with van der Waals surface area (Å²) in [6.45, 7) is 0.525. The molecule has 3 N–H and O–H groups in total. The molecule has 2 amide bonds. The van der Waals surface area contributed by atoms with E-state index in [1.165, 1.54) is 0 Å². The standard InChI is InChI=1S/C13H16Br2N2O3/c14-9-5-6-10(15)11(8-9)17-13(20)16-7-3-1-2-4-12(18)19/h5-6,8H,1-4,7H2,(H,18,19)(H2,16,17,20). The second-order valence-electron chi connectivity index (χ2n) is 4.21. The Kier molecular flexibility index (Phi) is 7.61. The average molecular weight is 408 g/mol. The van der Waals surface area contributed by atoms with Crippen LogP contribution in [0.4, 0.5) is 10.5 Å². The third-order valence-electron chi connectivity index (χ3n) is 2.53. The van der Waals surface area contributed by atoms with Gasteiger partial charge in [0.2, 0.25) is 0 Å². The van der Waals surface area contributed by atoms with Crippen molar-refractivity contribution >= 4 is 49.5 Å². The largest absolute Gasteiger partial charge is 0.481 e. The summed E-state index contributed by atoms with van der Waals surface area (Å²) >= 11 is 6.69. The molecule has 0 aliphatic heterocycles. The molecule has 20 heavy (non-hydrogen) atoms. The Morgan fingerprint density at radius 1 is 1.15 bits per heavy atom. The number of nitrogens with one attached hydrogen (secondary N) is 2. The van der Waals surface area contributed by atoms with Gasteiger partial charge in [0.25, 0.3) is 0 Å². The van der Waals surface area contributed by atoms with E-state index in [1.54, 1.807) is 6.07 Å². The van der Waals surface area contributed by atoms with E-state index < -0.39 is 5.97 Å². The Hall–Kier alpha value is -1.08. The maximum atomic E-state index is 11.7. The number of hydrogen-bond donors (Lipinski definition) is 3. The summed E-state index contributed by atoms with van der Waals surface area (Å²) in [5, 5.41) is 14.0. The van der Waals surface area contributed by atoms with Gasteiger partial charge in [0.15, 0.2) is 0 Å². The van der Waals surface area contributed by atoms with Crippen LogP contribution >= 0.6 is 31.9 Å². The number of anilines is 1. The molecule has 1 rings (SSSR count). The molecule has 0 heterocycles. The van der Waals surface area contributed by atoms with Crippen molar-refractivity contribution in [2.75, 3.05) is 11.9 Å². The van der Waals surface area contributed by atoms with Crippen molar-refractivity contribution in [2.24, 2.45) is 0 Å². The molecule has 0 saturated heterocycles. The molecular weight excluding hydrogens is 392 g/mol. The second-order valence-corrected chi connectivity index (χ2v) is 5.98. The quantitative estimate of drug-likeness (QED) is 0.598. The van der Waals surface area contributed by atoms with E-state index in [2.05, 4.69) is 42.5 Å². The van der Waals surface area contributed by atoms with Gasteiger partial charge in [-0.15, -0.1) is 0 Å². The van der Waals surface area contributed by atoms with Crippen LogP contribution < -0.4 is 10.6 Å². The van der Waals surface area contributed by atoms with Gasteiger partial charge in [0.05, 0.1) is 5.69 Å². The fraction of sp³-hybridized carbons (Fsp3) is 0.385. The van der Waals surface area contributed by atoms with Gasteiger partial charge in [0, 0.05) is 21.9 Å². The fourth-order valence-corrected chi connectivity index (χ4v) is 2.25. The Morgan fingerprint density at radius 2 is 1.90 bits per heavy atom. The van der Waals surface area contributed by atoms with Crippen molar-refractivity contribution in [1.29, 1.82) is 0 Å². The van der Waals surface area contributed by atoms with Gasteiger partial charge in [-0.2, -0.15) is 0 Å². The van der Waals surface area contributed by atoms with Crippen molar-refractivity contribution in [3.8, 4) is 0 Å². The van der Waals surface area contributed by atoms with Gasteiger partial charge in [-0.1, -0.05) is 22.4 Å². The van der Waals surface area contributed by atoms with E-state index in [9.17, 15) is 9.59 Å². The fourth-order valence-electron chi connectivity index (χ4n) is 1.54. The van der Waals surface area contributed by atoms with Crippen LogP contribution in [0.15, 0.2) is 27.1 Å². The molecule has 1 aromatic carbocycles. The smallest absolute Gasteiger partial charge is 0.319 e. The Labute approximate surface area is 134 Å². The van der Waals surface area contributed by atoms with E-state index in [1.807, 2.05) is 12.1 Å². The normalized spacial score (nSPS) is 10.1. The molecule has 0 unspecified atom stereocenters. The first-order valence-corrected chi connectivity index (χ1v) is 7.79. The molecule has 0 fully saturated rings. The highest BCUT2D eigenvalue weighted by atomic mass is 79.9. The number of hydrogen-bond acceptors (Lipinski definition) is 2. The van der Waals surface area contributed by atoms with E-state index in [-0.39, 0.29) is 12.5 Å². The third kappa shape index (κ3) is 6.91. The van der Waals surface area contributed by atoms with E-state index >= 15 is 0 Å². The van der Waals surface area contributed by atoms with E-state index in [0.29, 0.717) is 18.7 Å². The summed E-state index contributed by atoms with van der Waals surface area (Å²) in [5.74, 6) is -0.782. The van der Waals surface area contributed by atoms with Crippen LogP contribution in [0.1, 0.15) is 25.7 Å². The zero-order chi connectivity index (χ0) is 15.0. The Balaban J connectivity index is 2.23. The number of carbonyl (C=O) groups is 2. The Bertz CT molecular complexity index is 481. The maximum absolute atomic E-state index is 11.7. The number of carbonyl (C=O) groups excluding carboxylic acids is 1. The van der Waals surface area contributed by atoms with E-state index in [0.717, 1.165) is 21.8 Å². The molecular formula is C13H16Br2N2O3. The van der Waals surface area contributed by atoms with Crippen LogP contribution in [-0.4, -0.2) is 23.7 Å². The Morgan fingerprint density at radius 3 is 2.60 bits per heavy atom. The zero-order valence-corrected chi connectivity index (χ0v) is 14.0. The summed E-state index contributed by atoms with van der Waals surface area (Å²) in [6, 6.07) is 5.24. The molecule has 7 heteroatoms. The first kappa shape index (κ1) is 17.0. The number of carboxylic acid groups (broad SMARTS) is 1. The van der Waals surface area contributed by atoms with Crippen molar-refractivity contribution in [1.82, 2.24) is 5.32 Å². The third-order valence-corrected chi connectivity index (χ3v) is 3.71. The number of carboxylic acids is 1. The minimum absolute atomic E-state index is 0.178. The van der Waals surface area contributed by atoms with E-state index in [4.69, 9.17) is 5.11 Å². The maximum Gasteiger partial charge on any atom is 0.319 e. The van der Waals surface area contributed by atoms with Crippen LogP contribution in [0.3, 0.4) is 0 Å². The lowest BCUT2D eigenvalue weighted by Crippen LogP contribution is -2.29. The van der Waals surface area contributed by atoms with Crippen LogP contribution in [-0.2, 0) is 4.79 Å². The lowest BCUT2D eigenvalue weighted by Gasteiger charge is -2.09. The molecule has 0 bridgehead atoms. The highest BCUT2D eigenvalue weighted by Crippen LogP contribution is 2.25. The minimum Gasteiger partial charge on any atom is -0.481 e. The summed E-state index contributed by atoms with van der Waals surface area (Å²) in [7, 11) is 0. The summed E-state index contributed by atoms with van der Waals surface area (Å²) in [6.07, 6.45) is 2.36. The summed E-state index contributed by atoms with van der Waals surface area (Å²) in [5.41, 5.74) is 0.683. The van der Waals surface area contributed by atoms with Crippen molar-refractivity contribution in [3.63, 3.8) is 0 Å². The monoisotopic (exact) mass is 406 g/mol. The molecule has 5 nitrogen and oxygen atoms in total. The minimum atomic E-state index is -0.782. The lowest BCUT2D eigenvalue weighted by atomic mass is 10.2. The molecule has 0 aliphatic carbocycles. The molecule has 0 aromatic heterocycles. The van der Waals surface area contributed by atoms with Crippen LogP contribution in [0, 0.1) is 0 Å². The molecule has 110 valence electrons. The van der Waals surface area contributed by atoms with Gasteiger partial charge in [-0.3, -0.25) is 4.79 Å². The van der Waals surface area contributed by atoms with Crippen LogP contribution in [0.2, 0.25) is 0 Å². The van der Waals surface area contributed by atoms with Gasteiger partial charge in [-0.25, -0.2) is 4.79 Å². The molecule has 1 aromatic rings. The summed E-state index contributed by atoms with van der Waals surface area (Å²) < 4.78 is 1.68. The van der Waals surface area contributed by atoms with Crippen LogP contribution in [0.25, 0.3) is 0 Å². The zero-order valence-electron chi connectivity index (χ0n) is 10.8. The number of halogens is 2. The van der Waals surface area contributed by atoms with Crippen molar-refractivity contribution in [3.05, 3.63) is 27.1 Å². The van der Waals surface area contributed by atoms with Crippen LogP contribution in [0.5, 0.6) is 0 Å². The molecule has 0 radical (unpaired) electrons. The van der Waals surface area contributed by atoms with Crippen molar-refractivity contribution in [2.45, 2.75) is 25.7 Å². The molecule has 0 spiro atoms. The number of amides is 2. The number of rotatable bonds is 7. The molecule has 0 saturated carbocycles. The second kappa shape index (κ2) is 8.97. The topological polar surface area (TPSA) is 78.4 Å². The highest BCUT2D eigenvalue weighted by Gasteiger charge is 2.05. The number of aliphatic carboxylic acids is 1. The van der Waals surface area contributed by atoms with Crippen molar-refractivity contribution < 1.29 is 14.7 Å². The predicted octanol–water partition coefficient (Wildman–Crippen LogP) is 3.98. The first-order chi connectivity index (χ1) is 9.49. The SMILES string of the molecule is O=C(O)CCCCCNC(=O)Nc1cc(Br)ccc1Br. The van der Waals surface area contributed by atoms with Gasteiger partial charge in [-0.05, 0) is 47.0 Å². The lowest BCUT2D eigenvalue weighted by molar-refractivity contribution is -0.137.